The van der Waals surface area contributed by atoms with Crippen LogP contribution in [0, 0.1) is 5.82 Å². The van der Waals surface area contributed by atoms with Crippen molar-refractivity contribution in [2.24, 2.45) is 0 Å². The number of para-hydroxylation sites is 1. The van der Waals surface area contributed by atoms with Crippen LogP contribution in [-0.4, -0.2) is 50.9 Å². The fourth-order valence-electron chi connectivity index (χ4n) is 4.11. The molecular formula is C27H22F4N6O3. The third-order valence-electron chi connectivity index (χ3n) is 5.87. The number of hydrogen-bond donors (Lipinski definition) is 1. The molecule has 206 valence electrons. The summed E-state index contributed by atoms with van der Waals surface area (Å²) in [6, 6.07) is 14.1. The summed E-state index contributed by atoms with van der Waals surface area (Å²) in [6.07, 6.45) is -1.66. The van der Waals surface area contributed by atoms with E-state index in [2.05, 4.69) is 25.1 Å². The number of nitrogens with one attached hydrogen (secondary N) is 1. The molecular weight excluding hydrogens is 532 g/mol. The van der Waals surface area contributed by atoms with E-state index in [4.69, 9.17) is 4.74 Å². The number of anilines is 1. The number of aromatic nitrogens is 5. The molecule has 0 saturated carbocycles. The Hall–Kier alpha value is -4.78. The highest BCUT2D eigenvalue weighted by Crippen LogP contribution is 2.32. The molecule has 0 unspecified atom stereocenters. The number of alkyl halides is 3. The largest absolute Gasteiger partial charge is 0.573 e. The van der Waals surface area contributed by atoms with E-state index in [1.54, 1.807) is 37.7 Å². The van der Waals surface area contributed by atoms with Gasteiger partial charge in [0.15, 0.2) is 0 Å². The molecule has 13 heteroatoms. The summed E-state index contributed by atoms with van der Waals surface area (Å²) in [6.45, 7) is 1.21. The second-order valence-corrected chi connectivity index (χ2v) is 8.61. The Kier molecular flexibility index (Phi) is 7.47. The second kappa shape index (κ2) is 11.1. The molecule has 0 atom stereocenters. The molecule has 0 aliphatic heterocycles. The minimum atomic E-state index is -4.84. The predicted molar refractivity (Wildman–Crippen MR) is 139 cm³/mol. The van der Waals surface area contributed by atoms with E-state index in [1.807, 2.05) is 0 Å². The van der Waals surface area contributed by atoms with Gasteiger partial charge in [-0.15, -0.1) is 13.2 Å². The Morgan fingerprint density at radius 3 is 2.58 bits per heavy atom. The van der Waals surface area contributed by atoms with Gasteiger partial charge in [-0.05, 0) is 42.5 Å². The highest BCUT2D eigenvalue weighted by molar-refractivity contribution is 5.94. The van der Waals surface area contributed by atoms with Crippen LogP contribution in [0.3, 0.4) is 0 Å². The van der Waals surface area contributed by atoms with Crippen LogP contribution in [0.1, 0.15) is 5.69 Å². The number of halogens is 4. The summed E-state index contributed by atoms with van der Waals surface area (Å²) in [7, 11) is 1.59. The van der Waals surface area contributed by atoms with Crippen LogP contribution in [0.25, 0.3) is 27.8 Å². The minimum Gasteiger partial charge on any atom is -0.406 e. The van der Waals surface area contributed by atoms with E-state index < -0.39 is 17.9 Å². The molecule has 9 nitrogen and oxygen atoms in total. The number of pyridine rings is 1. The Morgan fingerprint density at radius 1 is 1.05 bits per heavy atom. The molecule has 0 radical (unpaired) electrons. The topological polar surface area (TPSA) is 96.1 Å². The summed E-state index contributed by atoms with van der Waals surface area (Å²) in [5.74, 6) is -0.589. The number of fused-ring (bicyclic) bond motifs is 1. The van der Waals surface area contributed by atoms with Crippen molar-refractivity contribution in [2.45, 2.75) is 12.9 Å². The first-order valence-corrected chi connectivity index (χ1v) is 12.0. The van der Waals surface area contributed by atoms with Gasteiger partial charge in [0, 0.05) is 43.1 Å². The first-order valence-electron chi connectivity index (χ1n) is 12.0. The lowest BCUT2D eigenvalue weighted by molar-refractivity contribution is -0.274. The van der Waals surface area contributed by atoms with E-state index in [-0.39, 0.29) is 17.6 Å². The molecule has 0 aliphatic carbocycles. The van der Waals surface area contributed by atoms with Gasteiger partial charge >= 0.3 is 6.36 Å². The summed E-state index contributed by atoms with van der Waals surface area (Å²) in [5, 5.41) is 7.98. The van der Waals surface area contributed by atoms with Crippen LogP contribution in [0.4, 0.5) is 23.5 Å². The number of methoxy groups -OCH3 is 1. The van der Waals surface area contributed by atoms with Crippen molar-refractivity contribution < 1.29 is 27.0 Å². The molecule has 3 aromatic heterocycles. The quantitative estimate of drug-likeness (QED) is 0.207. The molecule has 3 heterocycles. The molecule has 0 amide bonds. The van der Waals surface area contributed by atoms with Gasteiger partial charge in [-0.25, -0.2) is 19.0 Å². The Labute approximate surface area is 224 Å². The lowest BCUT2D eigenvalue weighted by Crippen LogP contribution is -2.20. The third kappa shape index (κ3) is 5.94. The normalized spacial score (nSPS) is 11.6. The number of hydrogen-bond acceptors (Lipinski definition) is 7. The predicted octanol–water partition coefficient (Wildman–Crippen LogP) is 4.79. The van der Waals surface area contributed by atoms with Crippen molar-refractivity contribution >= 4 is 16.9 Å². The van der Waals surface area contributed by atoms with Crippen LogP contribution in [0.5, 0.6) is 5.75 Å². The average Bonchev–Trinajstić information content (AvgIpc) is 3.31. The van der Waals surface area contributed by atoms with Crippen LogP contribution in [-0.2, 0) is 11.3 Å². The lowest BCUT2D eigenvalue weighted by atomic mass is 10.1. The van der Waals surface area contributed by atoms with Crippen LogP contribution >= 0.6 is 0 Å². The second-order valence-electron chi connectivity index (χ2n) is 8.61. The van der Waals surface area contributed by atoms with E-state index in [0.717, 1.165) is 12.1 Å². The van der Waals surface area contributed by atoms with Crippen LogP contribution in [0.2, 0.25) is 0 Å². The van der Waals surface area contributed by atoms with E-state index in [1.165, 1.54) is 39.6 Å². The third-order valence-corrected chi connectivity index (χ3v) is 5.87. The zero-order chi connectivity index (χ0) is 28.3. The van der Waals surface area contributed by atoms with E-state index in [9.17, 15) is 22.4 Å². The first kappa shape index (κ1) is 26.8. The van der Waals surface area contributed by atoms with Crippen molar-refractivity contribution in [1.82, 2.24) is 24.3 Å². The number of ether oxygens (including phenoxy) is 2. The maximum Gasteiger partial charge on any atom is 0.573 e. The van der Waals surface area contributed by atoms with Gasteiger partial charge in [0.1, 0.15) is 22.8 Å². The Bertz CT molecular complexity index is 1700. The van der Waals surface area contributed by atoms with Gasteiger partial charge < -0.3 is 19.4 Å². The molecule has 0 aliphatic rings. The molecule has 2 aromatic carbocycles. The molecule has 40 heavy (non-hydrogen) atoms. The van der Waals surface area contributed by atoms with Crippen LogP contribution < -0.4 is 15.6 Å². The van der Waals surface area contributed by atoms with Gasteiger partial charge in [-0.1, -0.05) is 12.1 Å². The van der Waals surface area contributed by atoms with Crippen molar-refractivity contribution in [1.29, 1.82) is 0 Å². The molecule has 1 N–H and O–H groups in total. The zero-order valence-corrected chi connectivity index (χ0v) is 21.0. The lowest BCUT2D eigenvalue weighted by Gasteiger charge is -2.10. The molecule has 0 saturated heterocycles. The zero-order valence-electron chi connectivity index (χ0n) is 21.0. The minimum absolute atomic E-state index is 0.112. The first-order chi connectivity index (χ1) is 19.2. The monoisotopic (exact) mass is 554 g/mol. The fraction of sp³-hybridized carbons (Fsp3) is 0.185. The standard InChI is InChI=1S/C27H22F4N6O3/c1-39-14-12-33-26-32-11-9-18(34-26)16-36-13-10-17(15-23(36)38)24-21-3-2-4-22(28)25(21)37(35-24)19-5-7-20(8-6-19)40-27(29,30)31/h2-11,13,15H,12,14,16H2,1H3,(H,32,33,34). The van der Waals surface area contributed by atoms with Crippen LogP contribution in [0.15, 0.2) is 77.9 Å². The van der Waals surface area contributed by atoms with Crippen molar-refractivity contribution in [3.05, 3.63) is 94.9 Å². The van der Waals surface area contributed by atoms with Gasteiger partial charge in [-0.3, -0.25) is 4.79 Å². The highest BCUT2D eigenvalue weighted by atomic mass is 19.4. The summed E-state index contributed by atoms with van der Waals surface area (Å²) in [4.78, 5) is 21.6. The Balaban J connectivity index is 1.46. The van der Waals surface area contributed by atoms with Crippen molar-refractivity contribution in [2.75, 3.05) is 25.6 Å². The number of nitrogens with zero attached hydrogens (tertiary/aromatic N) is 5. The molecule has 0 spiro atoms. The molecule has 5 rings (SSSR count). The van der Waals surface area contributed by atoms with Crippen molar-refractivity contribution in [3.63, 3.8) is 0 Å². The Morgan fingerprint density at radius 2 is 1.85 bits per heavy atom. The summed E-state index contributed by atoms with van der Waals surface area (Å²) in [5.41, 5.74) is 1.47. The SMILES string of the molecule is COCCNc1nccc(Cn2ccc(-c3nn(-c4ccc(OC(F)(F)F)cc4)c4c(F)cccc34)cc2=O)n1. The maximum absolute atomic E-state index is 15.0. The van der Waals surface area contributed by atoms with E-state index >= 15 is 0 Å². The van der Waals surface area contributed by atoms with Gasteiger partial charge in [-0.2, -0.15) is 5.10 Å². The number of benzene rings is 2. The van der Waals surface area contributed by atoms with Crippen molar-refractivity contribution in [3.8, 4) is 22.7 Å². The van der Waals surface area contributed by atoms with Gasteiger partial charge in [0.2, 0.25) is 5.95 Å². The molecule has 0 bridgehead atoms. The average molecular weight is 555 g/mol. The van der Waals surface area contributed by atoms with E-state index in [0.29, 0.717) is 47.1 Å². The summed E-state index contributed by atoms with van der Waals surface area (Å²) < 4.78 is 64.2. The van der Waals surface area contributed by atoms with Gasteiger partial charge in [0.05, 0.1) is 24.5 Å². The molecule has 0 fully saturated rings. The smallest absolute Gasteiger partial charge is 0.406 e. The van der Waals surface area contributed by atoms with Gasteiger partial charge in [0.25, 0.3) is 5.56 Å². The number of rotatable bonds is 9. The maximum atomic E-state index is 15.0. The highest BCUT2D eigenvalue weighted by Gasteiger charge is 2.31. The molecule has 5 aromatic rings. The fourth-order valence-corrected chi connectivity index (χ4v) is 4.11. The summed E-state index contributed by atoms with van der Waals surface area (Å²) >= 11 is 0.